The Morgan fingerprint density at radius 3 is 2.27 bits per heavy atom. The van der Waals surface area contributed by atoms with Gasteiger partial charge in [-0.2, -0.15) is 0 Å². The van der Waals surface area contributed by atoms with Crippen LogP contribution in [0.1, 0.15) is 31.2 Å². The average molecular weight is 574 g/mol. The standard InChI is InChI=1S/C24H32F2N4O2.HI/c1-16(22-6-5-17(25)11-23(22)26)15-28-24(27-2)29-18-7-9-30(10-8-18)19-12-20(31-3)14-21(13-19)32-4;/h5-6,11-14,16,18H,7-10,15H2,1-4H3,(H2,27,28,29);1H. The molecule has 3 rings (SSSR count). The molecule has 182 valence electrons. The Kier molecular flexibility index (Phi) is 10.5. The number of benzene rings is 2. The highest BCUT2D eigenvalue weighted by Gasteiger charge is 2.21. The van der Waals surface area contributed by atoms with Crippen molar-refractivity contribution in [1.82, 2.24) is 10.6 Å². The molecule has 1 aliphatic heterocycles. The molecule has 33 heavy (non-hydrogen) atoms. The molecular formula is C24H33F2IN4O2. The van der Waals surface area contributed by atoms with Gasteiger partial charge in [0, 0.05) is 68.6 Å². The molecule has 0 saturated carbocycles. The van der Waals surface area contributed by atoms with Gasteiger partial charge in [0.05, 0.1) is 14.2 Å². The van der Waals surface area contributed by atoms with Crippen molar-refractivity contribution in [3.63, 3.8) is 0 Å². The number of rotatable bonds is 7. The van der Waals surface area contributed by atoms with E-state index in [4.69, 9.17) is 9.47 Å². The van der Waals surface area contributed by atoms with E-state index in [2.05, 4.69) is 20.5 Å². The Morgan fingerprint density at radius 2 is 1.73 bits per heavy atom. The van der Waals surface area contributed by atoms with Crippen LogP contribution in [0.15, 0.2) is 41.4 Å². The molecular weight excluding hydrogens is 541 g/mol. The number of hydrogen-bond donors (Lipinski definition) is 2. The molecule has 1 saturated heterocycles. The zero-order chi connectivity index (χ0) is 23.1. The molecule has 1 unspecified atom stereocenters. The van der Waals surface area contributed by atoms with Crippen LogP contribution in [-0.2, 0) is 0 Å². The summed E-state index contributed by atoms with van der Waals surface area (Å²) in [6, 6.07) is 9.89. The second-order valence-corrected chi connectivity index (χ2v) is 8.00. The van der Waals surface area contributed by atoms with Gasteiger partial charge in [-0.15, -0.1) is 24.0 Å². The number of piperidine rings is 1. The van der Waals surface area contributed by atoms with Gasteiger partial charge < -0.3 is 25.0 Å². The molecule has 9 heteroatoms. The molecule has 0 aliphatic carbocycles. The van der Waals surface area contributed by atoms with E-state index in [-0.39, 0.29) is 35.9 Å². The number of guanidine groups is 1. The number of nitrogens with zero attached hydrogens (tertiary/aromatic N) is 2. The first-order chi connectivity index (χ1) is 15.4. The SMILES string of the molecule is CN=C(NCC(C)c1ccc(F)cc1F)NC1CCN(c2cc(OC)cc(OC)c2)CC1.I. The maximum absolute atomic E-state index is 14.0. The molecule has 1 atom stereocenters. The quantitative estimate of drug-likeness (QED) is 0.289. The topological polar surface area (TPSA) is 58.1 Å². The number of methoxy groups -OCH3 is 2. The zero-order valence-corrected chi connectivity index (χ0v) is 21.9. The Bertz CT molecular complexity index is 914. The number of anilines is 1. The van der Waals surface area contributed by atoms with Crippen LogP contribution in [0.25, 0.3) is 0 Å². The van der Waals surface area contributed by atoms with E-state index in [1.54, 1.807) is 21.3 Å². The highest BCUT2D eigenvalue weighted by Crippen LogP contribution is 2.30. The van der Waals surface area contributed by atoms with E-state index in [9.17, 15) is 8.78 Å². The average Bonchev–Trinajstić information content (AvgIpc) is 2.81. The number of hydrogen-bond acceptors (Lipinski definition) is 4. The molecule has 0 radical (unpaired) electrons. The van der Waals surface area contributed by atoms with Crippen LogP contribution < -0.4 is 25.0 Å². The van der Waals surface area contributed by atoms with Gasteiger partial charge in [0.2, 0.25) is 0 Å². The molecule has 0 amide bonds. The van der Waals surface area contributed by atoms with Crippen LogP contribution in [0.3, 0.4) is 0 Å². The van der Waals surface area contributed by atoms with E-state index in [0.29, 0.717) is 18.1 Å². The monoisotopic (exact) mass is 574 g/mol. The number of aliphatic imine (C=N–C) groups is 1. The molecule has 2 N–H and O–H groups in total. The van der Waals surface area contributed by atoms with Crippen molar-refractivity contribution in [1.29, 1.82) is 0 Å². The lowest BCUT2D eigenvalue weighted by molar-refractivity contribution is 0.393. The van der Waals surface area contributed by atoms with Crippen molar-refractivity contribution < 1.29 is 18.3 Å². The number of halogens is 3. The third kappa shape index (κ3) is 7.35. The Morgan fingerprint density at radius 1 is 1.09 bits per heavy atom. The van der Waals surface area contributed by atoms with E-state index in [1.807, 2.05) is 25.1 Å². The van der Waals surface area contributed by atoms with Gasteiger partial charge in [0.1, 0.15) is 23.1 Å². The smallest absolute Gasteiger partial charge is 0.191 e. The summed E-state index contributed by atoms with van der Waals surface area (Å²) in [5.74, 6) is 1.01. The van der Waals surface area contributed by atoms with Crippen molar-refractivity contribution in [3.8, 4) is 11.5 Å². The first-order valence-electron chi connectivity index (χ1n) is 10.8. The molecule has 1 heterocycles. The highest BCUT2D eigenvalue weighted by atomic mass is 127. The summed E-state index contributed by atoms with van der Waals surface area (Å²) in [6.07, 6.45) is 1.89. The third-order valence-electron chi connectivity index (χ3n) is 5.83. The second kappa shape index (κ2) is 12.8. The van der Waals surface area contributed by atoms with Gasteiger partial charge >= 0.3 is 0 Å². The van der Waals surface area contributed by atoms with Gasteiger partial charge in [-0.25, -0.2) is 8.78 Å². The number of nitrogens with one attached hydrogen (secondary N) is 2. The van der Waals surface area contributed by atoms with Gasteiger partial charge in [0.25, 0.3) is 0 Å². The predicted molar refractivity (Wildman–Crippen MR) is 139 cm³/mol. The van der Waals surface area contributed by atoms with Crippen LogP contribution in [0, 0.1) is 11.6 Å². The largest absolute Gasteiger partial charge is 0.497 e. The Hall–Kier alpha value is -2.30. The lowest BCUT2D eigenvalue weighted by Crippen LogP contribution is -2.49. The fraction of sp³-hybridized carbons (Fsp3) is 0.458. The van der Waals surface area contributed by atoms with E-state index < -0.39 is 11.6 Å². The maximum Gasteiger partial charge on any atom is 0.191 e. The molecule has 0 bridgehead atoms. The zero-order valence-electron chi connectivity index (χ0n) is 19.5. The van der Waals surface area contributed by atoms with Gasteiger partial charge in [0.15, 0.2) is 5.96 Å². The summed E-state index contributed by atoms with van der Waals surface area (Å²) < 4.78 is 37.9. The third-order valence-corrected chi connectivity index (χ3v) is 5.83. The predicted octanol–water partition coefficient (Wildman–Crippen LogP) is 4.54. The second-order valence-electron chi connectivity index (χ2n) is 8.00. The molecule has 6 nitrogen and oxygen atoms in total. The van der Waals surface area contributed by atoms with Crippen LogP contribution in [0.5, 0.6) is 11.5 Å². The molecule has 0 aromatic heterocycles. The molecule has 1 aliphatic rings. The van der Waals surface area contributed by atoms with Crippen LogP contribution in [-0.4, -0.2) is 52.9 Å². The van der Waals surface area contributed by atoms with Crippen LogP contribution in [0.4, 0.5) is 14.5 Å². The van der Waals surface area contributed by atoms with Crippen molar-refractivity contribution in [2.24, 2.45) is 4.99 Å². The lowest BCUT2D eigenvalue weighted by atomic mass is 10.0. The molecule has 0 spiro atoms. The molecule has 2 aromatic rings. The van der Waals surface area contributed by atoms with Crippen LogP contribution >= 0.6 is 24.0 Å². The Balaban J connectivity index is 0.00000385. The summed E-state index contributed by atoms with van der Waals surface area (Å²) in [6.45, 7) is 4.17. The first kappa shape index (κ1) is 26.9. The molecule has 1 fully saturated rings. The minimum atomic E-state index is -0.567. The minimum absolute atomic E-state index is 0. The van der Waals surface area contributed by atoms with Crippen molar-refractivity contribution >= 4 is 35.6 Å². The minimum Gasteiger partial charge on any atom is -0.497 e. The summed E-state index contributed by atoms with van der Waals surface area (Å²) in [5.41, 5.74) is 1.56. The summed E-state index contributed by atoms with van der Waals surface area (Å²) >= 11 is 0. The lowest BCUT2D eigenvalue weighted by Gasteiger charge is -2.35. The van der Waals surface area contributed by atoms with Gasteiger partial charge in [-0.3, -0.25) is 4.99 Å². The normalized spacial score (nSPS) is 15.5. The van der Waals surface area contributed by atoms with Crippen molar-refractivity contribution in [2.45, 2.75) is 31.7 Å². The van der Waals surface area contributed by atoms with E-state index in [1.165, 1.54) is 12.1 Å². The van der Waals surface area contributed by atoms with E-state index in [0.717, 1.165) is 49.2 Å². The highest BCUT2D eigenvalue weighted by molar-refractivity contribution is 14.0. The van der Waals surface area contributed by atoms with Crippen LogP contribution in [0.2, 0.25) is 0 Å². The maximum atomic E-state index is 14.0. The van der Waals surface area contributed by atoms with Crippen molar-refractivity contribution in [2.75, 3.05) is 45.8 Å². The fourth-order valence-electron chi connectivity index (χ4n) is 3.91. The fourth-order valence-corrected chi connectivity index (χ4v) is 3.91. The summed E-state index contributed by atoms with van der Waals surface area (Å²) in [7, 11) is 5.02. The Labute approximate surface area is 211 Å². The van der Waals surface area contributed by atoms with E-state index >= 15 is 0 Å². The van der Waals surface area contributed by atoms with Gasteiger partial charge in [-0.05, 0) is 24.5 Å². The summed E-state index contributed by atoms with van der Waals surface area (Å²) in [5, 5.41) is 6.72. The number of ether oxygens (including phenoxy) is 2. The summed E-state index contributed by atoms with van der Waals surface area (Å²) in [4.78, 5) is 6.62. The molecule has 2 aromatic carbocycles. The first-order valence-corrected chi connectivity index (χ1v) is 10.8. The van der Waals surface area contributed by atoms with Crippen molar-refractivity contribution in [3.05, 3.63) is 53.6 Å². The van der Waals surface area contributed by atoms with Gasteiger partial charge in [-0.1, -0.05) is 13.0 Å².